The molecule has 1 atom stereocenters. The van der Waals surface area contributed by atoms with Crippen LogP contribution in [-0.4, -0.2) is 36.0 Å². The molecule has 0 aliphatic carbocycles. The summed E-state index contributed by atoms with van der Waals surface area (Å²) in [5.74, 6) is -0.483. The Balaban J connectivity index is 2.26. The third-order valence-electron chi connectivity index (χ3n) is 4.08. The summed E-state index contributed by atoms with van der Waals surface area (Å²) in [4.78, 5) is 12.6. The number of benzene rings is 2. The van der Waals surface area contributed by atoms with Crippen LogP contribution in [0.1, 0.15) is 23.6 Å². The minimum absolute atomic E-state index is 0.00409. The fraction of sp³-hybridized carbons (Fsp3) is 0.278. The molecule has 0 saturated carbocycles. The highest BCUT2D eigenvalue weighted by Gasteiger charge is 2.21. The normalized spacial score (nSPS) is 13.1. The number of anilines is 1. The SMILES string of the molecule is CNS(=O)(=O)c1ccc(C)c(NC(=O)C[C@@H](NS(C)(=O)=O)c2ccc(Cl)cc2)c1. The van der Waals surface area contributed by atoms with Crippen molar-refractivity contribution in [2.24, 2.45) is 0 Å². The van der Waals surface area contributed by atoms with E-state index in [2.05, 4.69) is 14.8 Å². The molecule has 0 bridgehead atoms. The minimum Gasteiger partial charge on any atom is -0.326 e. The standard InChI is InChI=1S/C18H22ClN3O5S2/c1-12-4-9-15(29(26,27)20-2)10-16(12)21-18(23)11-17(22-28(3,24)25)13-5-7-14(19)8-6-13/h4-10,17,20,22H,11H2,1-3H3,(H,21,23)/t17-/m1/s1. The van der Waals surface area contributed by atoms with Crippen molar-refractivity contribution in [2.45, 2.75) is 24.3 Å². The maximum Gasteiger partial charge on any atom is 0.240 e. The lowest BCUT2D eigenvalue weighted by molar-refractivity contribution is -0.116. The van der Waals surface area contributed by atoms with Crippen molar-refractivity contribution in [1.29, 1.82) is 0 Å². The fourth-order valence-electron chi connectivity index (χ4n) is 2.59. The van der Waals surface area contributed by atoms with Crippen molar-refractivity contribution < 1.29 is 21.6 Å². The van der Waals surface area contributed by atoms with E-state index in [9.17, 15) is 21.6 Å². The van der Waals surface area contributed by atoms with Crippen molar-refractivity contribution >= 4 is 43.2 Å². The highest BCUT2D eigenvalue weighted by Crippen LogP contribution is 2.23. The number of carbonyl (C=O) groups is 1. The van der Waals surface area contributed by atoms with E-state index in [-0.39, 0.29) is 11.3 Å². The van der Waals surface area contributed by atoms with Gasteiger partial charge in [-0.2, -0.15) is 0 Å². The molecule has 11 heteroatoms. The largest absolute Gasteiger partial charge is 0.326 e. The van der Waals surface area contributed by atoms with Gasteiger partial charge >= 0.3 is 0 Å². The van der Waals surface area contributed by atoms with Gasteiger partial charge in [-0.1, -0.05) is 29.8 Å². The zero-order valence-electron chi connectivity index (χ0n) is 16.1. The van der Waals surface area contributed by atoms with Gasteiger partial charge in [-0.15, -0.1) is 0 Å². The molecule has 2 aromatic rings. The predicted molar refractivity (Wildman–Crippen MR) is 113 cm³/mol. The van der Waals surface area contributed by atoms with Gasteiger partial charge < -0.3 is 5.32 Å². The Kier molecular flexibility index (Phi) is 7.41. The summed E-state index contributed by atoms with van der Waals surface area (Å²) in [5, 5.41) is 3.13. The fourth-order valence-corrected chi connectivity index (χ4v) is 4.21. The van der Waals surface area contributed by atoms with Gasteiger partial charge in [0.25, 0.3) is 0 Å². The van der Waals surface area contributed by atoms with E-state index in [0.29, 0.717) is 21.8 Å². The van der Waals surface area contributed by atoms with Crippen LogP contribution in [0.2, 0.25) is 5.02 Å². The van der Waals surface area contributed by atoms with Gasteiger partial charge in [0.15, 0.2) is 0 Å². The molecule has 1 amide bonds. The summed E-state index contributed by atoms with van der Waals surface area (Å²) in [6.07, 6.45) is 0.807. The van der Waals surface area contributed by atoms with Crippen molar-refractivity contribution in [2.75, 3.05) is 18.6 Å². The molecule has 3 N–H and O–H groups in total. The van der Waals surface area contributed by atoms with E-state index in [4.69, 9.17) is 11.6 Å². The van der Waals surface area contributed by atoms with Gasteiger partial charge in [0.2, 0.25) is 26.0 Å². The number of aryl methyl sites for hydroxylation is 1. The summed E-state index contributed by atoms with van der Waals surface area (Å²) >= 11 is 5.87. The van der Waals surface area contributed by atoms with Crippen molar-refractivity contribution in [3.05, 3.63) is 58.6 Å². The van der Waals surface area contributed by atoms with Crippen LogP contribution < -0.4 is 14.8 Å². The van der Waals surface area contributed by atoms with E-state index < -0.39 is 32.0 Å². The summed E-state index contributed by atoms with van der Waals surface area (Å²) in [5.41, 5.74) is 1.55. The third-order valence-corrected chi connectivity index (χ3v) is 6.46. The molecule has 2 rings (SSSR count). The Bertz CT molecular complexity index is 1100. The Labute approximate surface area is 175 Å². The molecule has 0 aliphatic heterocycles. The second kappa shape index (κ2) is 9.23. The predicted octanol–water partition coefficient (Wildman–Crippen LogP) is 2.18. The van der Waals surface area contributed by atoms with Crippen LogP contribution >= 0.6 is 11.6 Å². The number of rotatable bonds is 8. The lowest BCUT2D eigenvalue weighted by Crippen LogP contribution is -2.30. The molecule has 0 aromatic heterocycles. The second-order valence-electron chi connectivity index (χ2n) is 6.43. The molecule has 0 heterocycles. The van der Waals surface area contributed by atoms with Crippen LogP contribution in [0, 0.1) is 6.92 Å². The van der Waals surface area contributed by atoms with Crippen LogP contribution in [0.4, 0.5) is 5.69 Å². The minimum atomic E-state index is -3.67. The maximum atomic E-state index is 12.6. The number of nitrogens with one attached hydrogen (secondary N) is 3. The van der Waals surface area contributed by atoms with E-state index >= 15 is 0 Å². The van der Waals surface area contributed by atoms with Crippen LogP contribution in [0.5, 0.6) is 0 Å². The smallest absolute Gasteiger partial charge is 0.240 e. The van der Waals surface area contributed by atoms with Crippen LogP contribution in [0.15, 0.2) is 47.4 Å². The van der Waals surface area contributed by atoms with E-state index in [1.165, 1.54) is 19.2 Å². The van der Waals surface area contributed by atoms with Gasteiger partial charge in [0, 0.05) is 17.1 Å². The number of amides is 1. The first-order chi connectivity index (χ1) is 13.4. The first-order valence-corrected chi connectivity index (χ1v) is 12.2. The molecule has 0 spiro atoms. The lowest BCUT2D eigenvalue weighted by Gasteiger charge is -2.18. The first kappa shape index (κ1) is 23.3. The molecule has 0 fully saturated rings. The average Bonchev–Trinajstić information content (AvgIpc) is 2.62. The molecule has 0 radical (unpaired) electrons. The van der Waals surface area contributed by atoms with Crippen molar-refractivity contribution in [3.63, 3.8) is 0 Å². The third kappa shape index (κ3) is 6.79. The average molecular weight is 460 g/mol. The molecule has 0 saturated heterocycles. The number of hydrogen-bond acceptors (Lipinski definition) is 5. The Morgan fingerprint density at radius 2 is 1.69 bits per heavy atom. The quantitative estimate of drug-likeness (QED) is 0.558. The topological polar surface area (TPSA) is 121 Å². The van der Waals surface area contributed by atoms with Gasteiger partial charge in [-0.25, -0.2) is 26.3 Å². The van der Waals surface area contributed by atoms with Gasteiger partial charge in [0.1, 0.15) is 0 Å². The molecular weight excluding hydrogens is 438 g/mol. The maximum absolute atomic E-state index is 12.6. The molecule has 29 heavy (non-hydrogen) atoms. The molecule has 8 nitrogen and oxygen atoms in total. The molecular formula is C18H22ClN3O5S2. The highest BCUT2D eigenvalue weighted by molar-refractivity contribution is 7.89. The van der Waals surface area contributed by atoms with Gasteiger partial charge in [-0.3, -0.25) is 4.79 Å². The molecule has 0 unspecified atom stereocenters. The lowest BCUT2D eigenvalue weighted by atomic mass is 10.0. The molecule has 158 valence electrons. The van der Waals surface area contributed by atoms with Gasteiger partial charge in [0.05, 0.1) is 17.2 Å². The first-order valence-electron chi connectivity index (χ1n) is 8.48. The van der Waals surface area contributed by atoms with Crippen LogP contribution in [-0.2, 0) is 24.8 Å². The number of hydrogen-bond donors (Lipinski definition) is 3. The van der Waals surface area contributed by atoms with E-state index in [1.807, 2.05) is 0 Å². The zero-order valence-corrected chi connectivity index (χ0v) is 18.5. The monoisotopic (exact) mass is 459 g/mol. The molecule has 2 aromatic carbocycles. The zero-order chi connectivity index (χ0) is 21.8. The Morgan fingerprint density at radius 3 is 2.24 bits per heavy atom. The second-order valence-corrected chi connectivity index (χ2v) is 10.5. The Morgan fingerprint density at radius 1 is 1.07 bits per heavy atom. The molecule has 0 aliphatic rings. The number of sulfonamides is 2. The van der Waals surface area contributed by atoms with E-state index in [0.717, 1.165) is 6.26 Å². The summed E-state index contributed by atoms with van der Waals surface area (Å²) in [7, 11) is -5.97. The van der Waals surface area contributed by atoms with E-state index in [1.54, 1.807) is 37.3 Å². The van der Waals surface area contributed by atoms with Crippen molar-refractivity contribution in [1.82, 2.24) is 9.44 Å². The summed E-state index contributed by atoms with van der Waals surface area (Å²) < 4.78 is 52.1. The Hall–Kier alpha value is -1.98. The highest BCUT2D eigenvalue weighted by atomic mass is 35.5. The van der Waals surface area contributed by atoms with Crippen molar-refractivity contribution in [3.8, 4) is 0 Å². The number of halogens is 1. The van der Waals surface area contributed by atoms with Gasteiger partial charge in [-0.05, 0) is 49.4 Å². The summed E-state index contributed by atoms with van der Waals surface area (Å²) in [6, 6.07) is 9.99. The number of carbonyl (C=O) groups excluding carboxylic acids is 1. The van der Waals surface area contributed by atoms with Crippen LogP contribution in [0.3, 0.4) is 0 Å². The summed E-state index contributed by atoms with van der Waals surface area (Å²) in [6.45, 7) is 1.72. The van der Waals surface area contributed by atoms with Crippen LogP contribution in [0.25, 0.3) is 0 Å².